The van der Waals surface area contributed by atoms with E-state index in [0.717, 1.165) is 12.8 Å². The van der Waals surface area contributed by atoms with Gasteiger partial charge in [0.1, 0.15) is 5.78 Å². The number of likely N-dealkylation sites (N-methyl/N-ethyl adjacent to an activating group) is 1. The van der Waals surface area contributed by atoms with Gasteiger partial charge in [-0.05, 0) is 19.9 Å². The van der Waals surface area contributed by atoms with Crippen LogP contribution in [-0.2, 0) is 9.53 Å². The van der Waals surface area contributed by atoms with Crippen LogP contribution in [0.1, 0.15) is 12.8 Å². The highest BCUT2D eigenvalue weighted by Crippen LogP contribution is 2.29. The van der Waals surface area contributed by atoms with E-state index < -0.39 is 6.10 Å². The van der Waals surface area contributed by atoms with Gasteiger partial charge in [-0.25, -0.2) is 0 Å². The van der Waals surface area contributed by atoms with E-state index in [2.05, 4.69) is 0 Å². The van der Waals surface area contributed by atoms with Crippen molar-refractivity contribution in [3.8, 4) is 0 Å². The Morgan fingerprint density at radius 2 is 2.29 bits per heavy atom. The molecule has 1 atom stereocenters. The summed E-state index contributed by atoms with van der Waals surface area (Å²) in [5.41, 5.74) is 0. The maximum Gasteiger partial charge on any atom is 0.149 e. The van der Waals surface area contributed by atoms with Gasteiger partial charge < -0.3 is 9.84 Å². The summed E-state index contributed by atoms with van der Waals surface area (Å²) in [7, 11) is 3.40. The molecule has 1 unspecified atom stereocenters. The van der Waals surface area contributed by atoms with Gasteiger partial charge in [0.25, 0.3) is 0 Å². The van der Waals surface area contributed by atoms with E-state index in [1.807, 2.05) is 11.9 Å². The minimum Gasteiger partial charge on any atom is -0.389 e. The third-order valence-corrected chi connectivity index (χ3v) is 2.34. The van der Waals surface area contributed by atoms with Crippen LogP contribution in [0.15, 0.2) is 0 Å². The number of carbonyl (C=O) groups excluding carboxylic acids is 1. The van der Waals surface area contributed by atoms with Crippen LogP contribution in [0.4, 0.5) is 0 Å². The molecule has 0 aromatic heterocycles. The molecule has 0 radical (unpaired) electrons. The summed E-state index contributed by atoms with van der Waals surface area (Å²) in [5.74, 6) is 0.606. The zero-order valence-electron chi connectivity index (χ0n) is 8.90. The van der Waals surface area contributed by atoms with Crippen molar-refractivity contribution < 1.29 is 14.6 Å². The van der Waals surface area contributed by atoms with E-state index in [4.69, 9.17) is 4.74 Å². The Hall–Kier alpha value is -0.450. The minimum atomic E-state index is -0.503. The number of aliphatic hydroxyl groups is 1. The molecule has 1 rings (SSSR count). The summed E-state index contributed by atoms with van der Waals surface area (Å²) in [5, 5.41) is 9.41. The lowest BCUT2D eigenvalue weighted by atomic mass is 10.2. The molecule has 0 aromatic rings. The fourth-order valence-corrected chi connectivity index (χ4v) is 1.47. The molecular weight excluding hydrogens is 182 g/mol. The Kier molecular flexibility index (Phi) is 4.51. The summed E-state index contributed by atoms with van der Waals surface area (Å²) in [6.07, 6.45) is 1.60. The lowest BCUT2D eigenvalue weighted by Gasteiger charge is -2.19. The predicted octanol–water partition coefficient (Wildman–Crippen LogP) is -0.0954. The van der Waals surface area contributed by atoms with Crippen LogP contribution in [-0.4, -0.2) is 55.7 Å². The topological polar surface area (TPSA) is 49.8 Å². The molecular formula is C10H19NO3. The predicted molar refractivity (Wildman–Crippen MR) is 53.1 cm³/mol. The number of ketones is 1. The average Bonchev–Trinajstić information content (AvgIpc) is 2.85. The van der Waals surface area contributed by atoms with Crippen molar-refractivity contribution in [3.05, 3.63) is 0 Å². The van der Waals surface area contributed by atoms with Gasteiger partial charge in [-0.15, -0.1) is 0 Å². The summed E-state index contributed by atoms with van der Waals surface area (Å²) in [6.45, 7) is 1.26. The van der Waals surface area contributed by atoms with Gasteiger partial charge in [-0.1, -0.05) is 0 Å². The van der Waals surface area contributed by atoms with Crippen molar-refractivity contribution in [3.63, 3.8) is 0 Å². The summed E-state index contributed by atoms with van der Waals surface area (Å²) in [4.78, 5) is 13.3. The zero-order valence-corrected chi connectivity index (χ0v) is 8.90. The number of rotatable bonds is 7. The molecule has 4 nitrogen and oxygen atoms in total. The average molecular weight is 201 g/mol. The number of methoxy groups -OCH3 is 1. The smallest absolute Gasteiger partial charge is 0.149 e. The minimum absolute atomic E-state index is 0.303. The van der Waals surface area contributed by atoms with E-state index in [1.165, 1.54) is 0 Å². The maximum absolute atomic E-state index is 11.4. The molecule has 1 saturated carbocycles. The fraction of sp³-hybridized carbons (Fsp3) is 0.900. The molecule has 0 amide bonds. The van der Waals surface area contributed by atoms with Crippen LogP contribution in [0.3, 0.4) is 0 Å². The molecule has 14 heavy (non-hydrogen) atoms. The van der Waals surface area contributed by atoms with E-state index in [1.54, 1.807) is 7.11 Å². The molecule has 0 heterocycles. The molecule has 0 saturated heterocycles. The van der Waals surface area contributed by atoms with Crippen molar-refractivity contribution >= 4 is 5.78 Å². The lowest BCUT2D eigenvalue weighted by molar-refractivity contribution is -0.121. The van der Waals surface area contributed by atoms with Crippen LogP contribution in [0, 0.1) is 5.92 Å². The highest BCUT2D eigenvalue weighted by Gasteiger charge is 2.29. The van der Waals surface area contributed by atoms with Crippen molar-refractivity contribution in [2.75, 3.05) is 33.9 Å². The van der Waals surface area contributed by atoms with E-state index in [0.29, 0.717) is 31.4 Å². The SMILES string of the molecule is COCC(O)CN(C)CC(=O)C1CC1. The second kappa shape index (κ2) is 5.44. The molecule has 4 heteroatoms. The Labute approximate surface area is 84.8 Å². The lowest BCUT2D eigenvalue weighted by Crippen LogP contribution is -2.35. The molecule has 1 fully saturated rings. The van der Waals surface area contributed by atoms with Gasteiger partial charge in [0.2, 0.25) is 0 Å². The quantitative estimate of drug-likeness (QED) is 0.625. The Balaban J connectivity index is 2.13. The number of nitrogens with zero attached hydrogens (tertiary/aromatic N) is 1. The number of hydrogen-bond donors (Lipinski definition) is 1. The first-order chi connectivity index (χ1) is 6.63. The molecule has 0 spiro atoms. The normalized spacial score (nSPS) is 18.6. The first-order valence-corrected chi connectivity index (χ1v) is 5.01. The Bertz CT molecular complexity index is 192. The third-order valence-electron chi connectivity index (χ3n) is 2.34. The highest BCUT2D eigenvalue weighted by molar-refractivity contribution is 5.84. The number of aliphatic hydroxyl groups excluding tert-OH is 1. The molecule has 0 aromatic carbocycles. The summed E-state index contributed by atoms with van der Waals surface area (Å²) < 4.78 is 4.81. The van der Waals surface area contributed by atoms with Crippen LogP contribution in [0.5, 0.6) is 0 Å². The molecule has 1 N–H and O–H groups in total. The number of ether oxygens (including phenoxy) is 1. The number of Topliss-reactive ketones (excluding diaryl/α,β-unsaturated/α-hetero) is 1. The largest absolute Gasteiger partial charge is 0.389 e. The van der Waals surface area contributed by atoms with Gasteiger partial charge in [-0.3, -0.25) is 9.69 Å². The first-order valence-electron chi connectivity index (χ1n) is 5.01. The van der Waals surface area contributed by atoms with Crippen molar-refractivity contribution in [1.29, 1.82) is 0 Å². The standard InChI is InChI=1S/C10H19NO3/c1-11(5-9(12)7-14-2)6-10(13)8-3-4-8/h8-9,12H,3-7H2,1-2H3. The van der Waals surface area contributed by atoms with Gasteiger partial charge >= 0.3 is 0 Å². The van der Waals surface area contributed by atoms with Crippen LogP contribution >= 0.6 is 0 Å². The number of hydrogen-bond acceptors (Lipinski definition) is 4. The first kappa shape index (κ1) is 11.6. The second-order valence-corrected chi connectivity index (χ2v) is 4.05. The summed E-state index contributed by atoms with van der Waals surface area (Å²) >= 11 is 0. The number of carbonyl (C=O) groups is 1. The molecule has 1 aliphatic rings. The molecule has 0 aliphatic heterocycles. The van der Waals surface area contributed by atoms with Gasteiger partial charge in [0.05, 0.1) is 19.3 Å². The van der Waals surface area contributed by atoms with Gasteiger partial charge in [-0.2, -0.15) is 0 Å². The van der Waals surface area contributed by atoms with Gasteiger partial charge in [0, 0.05) is 19.6 Å². The van der Waals surface area contributed by atoms with Gasteiger partial charge in [0.15, 0.2) is 0 Å². The van der Waals surface area contributed by atoms with Crippen LogP contribution in [0.25, 0.3) is 0 Å². The van der Waals surface area contributed by atoms with E-state index in [9.17, 15) is 9.90 Å². The Morgan fingerprint density at radius 1 is 1.64 bits per heavy atom. The third kappa shape index (κ3) is 4.17. The van der Waals surface area contributed by atoms with Crippen molar-refractivity contribution in [2.24, 2.45) is 5.92 Å². The Morgan fingerprint density at radius 3 is 2.79 bits per heavy atom. The van der Waals surface area contributed by atoms with Crippen LogP contribution in [0.2, 0.25) is 0 Å². The van der Waals surface area contributed by atoms with E-state index in [-0.39, 0.29) is 0 Å². The summed E-state index contributed by atoms with van der Waals surface area (Å²) in [6, 6.07) is 0. The zero-order chi connectivity index (χ0) is 10.6. The molecule has 1 aliphatic carbocycles. The van der Waals surface area contributed by atoms with E-state index >= 15 is 0 Å². The molecule has 0 bridgehead atoms. The monoisotopic (exact) mass is 201 g/mol. The second-order valence-electron chi connectivity index (χ2n) is 4.05. The van der Waals surface area contributed by atoms with Crippen molar-refractivity contribution in [1.82, 2.24) is 4.90 Å². The fourth-order valence-electron chi connectivity index (χ4n) is 1.47. The highest BCUT2D eigenvalue weighted by atomic mass is 16.5. The molecule has 82 valence electrons. The maximum atomic E-state index is 11.4. The van der Waals surface area contributed by atoms with Crippen LogP contribution < -0.4 is 0 Å². The van der Waals surface area contributed by atoms with Crippen molar-refractivity contribution in [2.45, 2.75) is 18.9 Å².